The Bertz CT molecular complexity index is 554. The third-order valence-corrected chi connectivity index (χ3v) is 3.15. The number of alkyl halides is 1. The summed E-state index contributed by atoms with van der Waals surface area (Å²) in [5, 5.41) is 8.25. The van der Waals surface area contributed by atoms with Gasteiger partial charge in [0.15, 0.2) is 5.82 Å². The monoisotopic (exact) mass is 331 g/mol. The second-order valence-electron chi connectivity index (χ2n) is 3.81. The van der Waals surface area contributed by atoms with Crippen molar-refractivity contribution in [2.75, 3.05) is 13.7 Å². The third-order valence-electron chi connectivity index (χ3n) is 2.65. The molecule has 19 heavy (non-hydrogen) atoms. The zero-order chi connectivity index (χ0) is 13.8. The molecule has 0 aliphatic carbocycles. The maximum absolute atomic E-state index is 13.8. The van der Waals surface area contributed by atoms with E-state index in [-0.39, 0.29) is 11.4 Å². The summed E-state index contributed by atoms with van der Waals surface area (Å²) in [7, 11) is 1.56. The SMILES string of the molecule is COCCn1c(CBr)nnc1-c1c(F)cccc1F. The van der Waals surface area contributed by atoms with E-state index >= 15 is 0 Å². The van der Waals surface area contributed by atoms with Gasteiger partial charge in [-0.2, -0.15) is 0 Å². The fraction of sp³-hybridized carbons (Fsp3) is 0.333. The zero-order valence-electron chi connectivity index (χ0n) is 10.2. The Morgan fingerprint density at radius 2 is 1.95 bits per heavy atom. The molecule has 0 amide bonds. The lowest BCUT2D eigenvalue weighted by molar-refractivity contribution is 0.187. The molecule has 0 bridgehead atoms. The smallest absolute Gasteiger partial charge is 0.170 e. The number of rotatable bonds is 5. The minimum absolute atomic E-state index is 0.168. The Morgan fingerprint density at radius 1 is 1.26 bits per heavy atom. The van der Waals surface area contributed by atoms with Crippen molar-refractivity contribution >= 4 is 15.9 Å². The molecule has 0 unspecified atom stereocenters. The molecule has 0 aliphatic rings. The molecule has 0 N–H and O–H groups in total. The molecule has 4 nitrogen and oxygen atoms in total. The Labute approximate surface area is 117 Å². The van der Waals surface area contributed by atoms with Gasteiger partial charge >= 0.3 is 0 Å². The van der Waals surface area contributed by atoms with E-state index in [1.807, 2.05) is 0 Å². The van der Waals surface area contributed by atoms with Crippen molar-refractivity contribution in [3.8, 4) is 11.4 Å². The van der Waals surface area contributed by atoms with E-state index in [4.69, 9.17) is 4.74 Å². The van der Waals surface area contributed by atoms with Crippen molar-refractivity contribution in [2.45, 2.75) is 11.9 Å². The zero-order valence-corrected chi connectivity index (χ0v) is 11.8. The molecule has 1 aromatic carbocycles. The predicted molar refractivity (Wildman–Crippen MR) is 69.9 cm³/mol. The minimum Gasteiger partial charge on any atom is -0.383 e. The van der Waals surface area contributed by atoms with Gasteiger partial charge in [0.2, 0.25) is 0 Å². The van der Waals surface area contributed by atoms with Crippen LogP contribution in [0, 0.1) is 11.6 Å². The summed E-state index contributed by atoms with van der Waals surface area (Å²) in [5.74, 6) is -0.559. The third kappa shape index (κ3) is 2.82. The first-order chi connectivity index (χ1) is 9.19. The first kappa shape index (κ1) is 14.1. The molecular formula is C12H12BrF2N3O. The molecule has 0 saturated carbocycles. The van der Waals surface area contributed by atoms with Crippen molar-refractivity contribution in [3.05, 3.63) is 35.7 Å². The van der Waals surface area contributed by atoms with E-state index in [1.54, 1.807) is 11.7 Å². The molecule has 0 spiro atoms. The Morgan fingerprint density at radius 3 is 2.53 bits per heavy atom. The first-order valence-electron chi connectivity index (χ1n) is 5.60. The van der Waals surface area contributed by atoms with Crippen molar-refractivity contribution in [1.82, 2.24) is 14.8 Å². The van der Waals surface area contributed by atoms with Gasteiger partial charge in [0.1, 0.15) is 17.5 Å². The molecule has 0 aliphatic heterocycles. The lowest BCUT2D eigenvalue weighted by Crippen LogP contribution is -2.10. The summed E-state index contributed by atoms with van der Waals surface area (Å²) >= 11 is 3.27. The van der Waals surface area contributed by atoms with E-state index in [2.05, 4.69) is 26.1 Å². The average Bonchev–Trinajstić information content (AvgIpc) is 2.79. The highest BCUT2D eigenvalue weighted by Gasteiger charge is 2.19. The first-order valence-corrected chi connectivity index (χ1v) is 6.72. The normalized spacial score (nSPS) is 10.9. The molecule has 0 fully saturated rings. The molecule has 102 valence electrons. The van der Waals surface area contributed by atoms with Gasteiger partial charge in [-0.05, 0) is 12.1 Å². The van der Waals surface area contributed by atoms with E-state index in [0.717, 1.165) is 0 Å². The van der Waals surface area contributed by atoms with Crippen LogP contribution in [0.4, 0.5) is 8.78 Å². The van der Waals surface area contributed by atoms with E-state index in [9.17, 15) is 8.78 Å². The average molecular weight is 332 g/mol. The number of methoxy groups -OCH3 is 1. The van der Waals surface area contributed by atoms with Gasteiger partial charge in [-0.1, -0.05) is 22.0 Å². The highest BCUT2D eigenvalue weighted by molar-refractivity contribution is 9.08. The van der Waals surface area contributed by atoms with Gasteiger partial charge in [-0.3, -0.25) is 0 Å². The molecular weight excluding hydrogens is 320 g/mol. The molecule has 7 heteroatoms. The van der Waals surface area contributed by atoms with Crippen molar-refractivity contribution in [1.29, 1.82) is 0 Å². The molecule has 1 heterocycles. The molecule has 0 radical (unpaired) electrons. The van der Waals surface area contributed by atoms with Crippen molar-refractivity contribution in [2.24, 2.45) is 0 Å². The van der Waals surface area contributed by atoms with Crippen LogP contribution in [0.25, 0.3) is 11.4 Å². The number of halogens is 3. The Hall–Kier alpha value is -1.34. The van der Waals surface area contributed by atoms with Crippen LogP contribution in [-0.4, -0.2) is 28.5 Å². The lowest BCUT2D eigenvalue weighted by Gasteiger charge is -2.09. The van der Waals surface area contributed by atoms with Crippen LogP contribution in [-0.2, 0) is 16.6 Å². The second kappa shape index (κ2) is 6.21. The maximum atomic E-state index is 13.8. The number of benzene rings is 1. The number of nitrogens with zero attached hydrogens (tertiary/aromatic N) is 3. The fourth-order valence-electron chi connectivity index (χ4n) is 1.75. The van der Waals surface area contributed by atoms with Crippen LogP contribution in [0.2, 0.25) is 0 Å². The van der Waals surface area contributed by atoms with E-state index < -0.39 is 11.6 Å². The van der Waals surface area contributed by atoms with E-state index in [0.29, 0.717) is 24.3 Å². The molecule has 2 rings (SSSR count). The van der Waals surface area contributed by atoms with Crippen LogP contribution >= 0.6 is 15.9 Å². The Balaban J connectivity index is 2.52. The van der Waals surface area contributed by atoms with Crippen LogP contribution in [0.1, 0.15) is 5.82 Å². The Kier molecular flexibility index (Phi) is 4.60. The highest BCUT2D eigenvalue weighted by atomic mass is 79.9. The van der Waals surface area contributed by atoms with Gasteiger partial charge in [-0.25, -0.2) is 8.78 Å². The summed E-state index contributed by atoms with van der Waals surface area (Å²) in [6.45, 7) is 0.828. The quantitative estimate of drug-likeness (QED) is 0.791. The minimum atomic E-state index is -0.660. The van der Waals surface area contributed by atoms with Gasteiger partial charge in [0.05, 0.1) is 17.5 Å². The van der Waals surface area contributed by atoms with E-state index in [1.165, 1.54) is 18.2 Å². The highest BCUT2D eigenvalue weighted by Crippen LogP contribution is 2.25. The van der Waals surface area contributed by atoms with Gasteiger partial charge in [0, 0.05) is 13.7 Å². The van der Waals surface area contributed by atoms with Crippen LogP contribution in [0.3, 0.4) is 0 Å². The largest absolute Gasteiger partial charge is 0.383 e. The standard InChI is InChI=1S/C12H12BrF2N3O/c1-19-6-5-18-10(7-13)16-17-12(18)11-8(14)3-2-4-9(11)15/h2-4H,5-7H2,1H3. The summed E-state index contributed by atoms with van der Waals surface area (Å²) in [6, 6.07) is 3.71. The van der Waals surface area contributed by atoms with Crippen LogP contribution in [0.15, 0.2) is 18.2 Å². The summed E-state index contributed by atoms with van der Waals surface area (Å²) in [4.78, 5) is 0. The summed E-state index contributed by atoms with van der Waals surface area (Å²) in [5.41, 5.74) is -0.168. The van der Waals surface area contributed by atoms with Gasteiger partial charge in [-0.15, -0.1) is 10.2 Å². The molecule has 0 atom stereocenters. The van der Waals surface area contributed by atoms with Gasteiger partial charge < -0.3 is 9.30 Å². The number of hydrogen-bond donors (Lipinski definition) is 0. The molecule has 0 saturated heterocycles. The summed E-state index contributed by atoms with van der Waals surface area (Å²) in [6.07, 6.45) is 0. The maximum Gasteiger partial charge on any atom is 0.170 e. The number of aromatic nitrogens is 3. The molecule has 2 aromatic rings. The van der Waals surface area contributed by atoms with Crippen LogP contribution < -0.4 is 0 Å². The second-order valence-corrected chi connectivity index (χ2v) is 4.38. The number of hydrogen-bond acceptors (Lipinski definition) is 3. The number of ether oxygens (including phenoxy) is 1. The van der Waals surface area contributed by atoms with Crippen molar-refractivity contribution in [3.63, 3.8) is 0 Å². The van der Waals surface area contributed by atoms with Gasteiger partial charge in [0.25, 0.3) is 0 Å². The van der Waals surface area contributed by atoms with Crippen LogP contribution in [0.5, 0.6) is 0 Å². The fourth-order valence-corrected chi connectivity index (χ4v) is 2.16. The summed E-state index contributed by atoms with van der Waals surface area (Å²) < 4.78 is 34.2. The van der Waals surface area contributed by atoms with Crippen molar-refractivity contribution < 1.29 is 13.5 Å². The topological polar surface area (TPSA) is 39.9 Å². The lowest BCUT2D eigenvalue weighted by atomic mass is 10.2. The predicted octanol–water partition coefficient (Wildman–Crippen LogP) is 2.76. The molecule has 1 aromatic heterocycles.